The molecule has 4 rings (SSSR count). The molecule has 26 heavy (non-hydrogen) atoms. The second-order valence-electron chi connectivity index (χ2n) is 5.87. The zero-order valence-electron chi connectivity index (χ0n) is 14.2. The number of aryl methyl sites for hydroxylation is 1. The largest absolute Gasteiger partial charge is 0.486 e. The first-order chi connectivity index (χ1) is 12.7. The Morgan fingerprint density at radius 3 is 2.69 bits per heavy atom. The zero-order chi connectivity index (χ0) is 18.1. The molecular formula is C19H17ClN2O3S. The van der Waals surface area contributed by atoms with Gasteiger partial charge in [-0.25, -0.2) is 0 Å². The van der Waals surface area contributed by atoms with Gasteiger partial charge >= 0.3 is 0 Å². The summed E-state index contributed by atoms with van der Waals surface area (Å²) in [6.07, 6.45) is 0.181. The summed E-state index contributed by atoms with van der Waals surface area (Å²) in [4.78, 5) is 17.5. The highest BCUT2D eigenvalue weighted by molar-refractivity contribution is 7.16. The van der Waals surface area contributed by atoms with E-state index in [1.54, 1.807) is 6.07 Å². The lowest BCUT2D eigenvalue weighted by Crippen LogP contribution is -2.17. The van der Waals surface area contributed by atoms with Crippen LogP contribution >= 0.6 is 22.9 Å². The first-order valence-electron chi connectivity index (χ1n) is 8.39. The van der Waals surface area contributed by atoms with E-state index in [0.717, 1.165) is 27.3 Å². The second-order valence-corrected chi connectivity index (χ2v) is 7.28. The van der Waals surface area contributed by atoms with Gasteiger partial charge in [-0.1, -0.05) is 41.1 Å². The van der Waals surface area contributed by atoms with Crippen LogP contribution in [0.25, 0.3) is 10.2 Å². The SMILES string of the molecule is CCn1c(=NC(=O)Cc2ccccc2Cl)sc2cc3c(cc21)OCCO3. The zero-order valence-corrected chi connectivity index (χ0v) is 15.8. The van der Waals surface area contributed by atoms with Gasteiger partial charge in [0.05, 0.1) is 16.6 Å². The monoisotopic (exact) mass is 388 g/mol. The number of benzene rings is 2. The summed E-state index contributed by atoms with van der Waals surface area (Å²) in [7, 11) is 0. The van der Waals surface area contributed by atoms with E-state index in [1.807, 2.05) is 41.8 Å². The van der Waals surface area contributed by atoms with Crippen molar-refractivity contribution < 1.29 is 14.3 Å². The van der Waals surface area contributed by atoms with Gasteiger partial charge in [-0.05, 0) is 18.6 Å². The Morgan fingerprint density at radius 1 is 1.23 bits per heavy atom. The molecule has 0 aliphatic carbocycles. The molecule has 0 unspecified atom stereocenters. The molecule has 0 radical (unpaired) electrons. The molecule has 1 amide bonds. The number of thiazole rings is 1. The predicted molar refractivity (Wildman–Crippen MR) is 102 cm³/mol. The third-order valence-corrected chi connectivity index (χ3v) is 5.59. The fourth-order valence-electron chi connectivity index (χ4n) is 2.95. The van der Waals surface area contributed by atoms with Gasteiger partial charge in [0.2, 0.25) is 0 Å². The summed E-state index contributed by atoms with van der Waals surface area (Å²) >= 11 is 7.61. The minimum Gasteiger partial charge on any atom is -0.486 e. The molecule has 0 fully saturated rings. The molecule has 0 saturated heterocycles. The van der Waals surface area contributed by atoms with Gasteiger partial charge in [-0.3, -0.25) is 4.79 Å². The van der Waals surface area contributed by atoms with Crippen molar-refractivity contribution in [3.63, 3.8) is 0 Å². The number of halogens is 1. The molecule has 0 saturated carbocycles. The topological polar surface area (TPSA) is 52.8 Å². The number of carbonyl (C=O) groups is 1. The van der Waals surface area contributed by atoms with Gasteiger partial charge in [0.15, 0.2) is 16.3 Å². The van der Waals surface area contributed by atoms with Crippen molar-refractivity contribution in [3.8, 4) is 11.5 Å². The maximum absolute atomic E-state index is 12.5. The summed E-state index contributed by atoms with van der Waals surface area (Å²) < 4.78 is 14.3. The third kappa shape index (κ3) is 3.22. The van der Waals surface area contributed by atoms with Gasteiger partial charge in [0.25, 0.3) is 5.91 Å². The fraction of sp³-hybridized carbons (Fsp3) is 0.263. The molecular weight excluding hydrogens is 372 g/mol. The number of ether oxygens (including phenoxy) is 2. The lowest BCUT2D eigenvalue weighted by Gasteiger charge is -2.18. The van der Waals surface area contributed by atoms with Crippen LogP contribution in [0.4, 0.5) is 0 Å². The average Bonchev–Trinajstić information content (AvgIpc) is 2.97. The van der Waals surface area contributed by atoms with Gasteiger partial charge in [0, 0.05) is 23.7 Å². The number of carbonyl (C=O) groups excluding carboxylic acids is 1. The molecule has 2 heterocycles. The summed E-state index contributed by atoms with van der Waals surface area (Å²) in [6.45, 7) is 3.83. The average molecular weight is 389 g/mol. The molecule has 1 aromatic heterocycles. The Hall–Kier alpha value is -2.31. The Bertz CT molecular complexity index is 1050. The van der Waals surface area contributed by atoms with Crippen LogP contribution in [0.2, 0.25) is 5.02 Å². The number of hydrogen-bond donors (Lipinski definition) is 0. The van der Waals surface area contributed by atoms with Crippen molar-refractivity contribution >= 4 is 39.1 Å². The van der Waals surface area contributed by atoms with Crippen LogP contribution in [0.3, 0.4) is 0 Å². The number of nitrogens with zero attached hydrogens (tertiary/aromatic N) is 2. The third-order valence-electron chi connectivity index (χ3n) is 4.18. The Labute approximate surface area is 159 Å². The maximum atomic E-state index is 12.5. The van der Waals surface area contributed by atoms with Crippen LogP contribution in [0, 0.1) is 0 Å². The quantitative estimate of drug-likeness (QED) is 0.685. The van der Waals surface area contributed by atoms with E-state index >= 15 is 0 Å². The summed E-state index contributed by atoms with van der Waals surface area (Å²) in [5, 5.41) is 0.581. The number of hydrogen-bond acceptors (Lipinski definition) is 4. The molecule has 0 bridgehead atoms. The van der Waals surface area contributed by atoms with Crippen LogP contribution in [-0.2, 0) is 17.8 Å². The molecule has 0 atom stereocenters. The lowest BCUT2D eigenvalue weighted by molar-refractivity contribution is -0.117. The van der Waals surface area contributed by atoms with Crippen LogP contribution in [0.15, 0.2) is 41.4 Å². The number of aromatic nitrogens is 1. The van der Waals surface area contributed by atoms with Crippen LogP contribution in [0.1, 0.15) is 12.5 Å². The molecule has 3 aromatic rings. The molecule has 7 heteroatoms. The van der Waals surface area contributed by atoms with Gasteiger partial charge in [-0.2, -0.15) is 4.99 Å². The van der Waals surface area contributed by atoms with Crippen LogP contribution in [-0.4, -0.2) is 23.7 Å². The normalized spacial score (nSPS) is 14.0. The highest BCUT2D eigenvalue weighted by Crippen LogP contribution is 2.35. The molecule has 134 valence electrons. The first-order valence-corrected chi connectivity index (χ1v) is 9.59. The van der Waals surface area contributed by atoms with E-state index in [1.165, 1.54) is 11.3 Å². The first kappa shape index (κ1) is 17.1. The molecule has 2 aromatic carbocycles. The Balaban J connectivity index is 1.74. The Kier molecular flexibility index (Phi) is 4.70. The van der Waals surface area contributed by atoms with Crippen molar-refractivity contribution in [2.45, 2.75) is 19.9 Å². The molecule has 5 nitrogen and oxygen atoms in total. The summed E-state index contributed by atoms with van der Waals surface area (Å²) in [5.41, 5.74) is 1.77. The van der Waals surface area contributed by atoms with Crippen LogP contribution < -0.4 is 14.3 Å². The lowest BCUT2D eigenvalue weighted by atomic mass is 10.1. The van der Waals surface area contributed by atoms with Gasteiger partial charge < -0.3 is 14.0 Å². The van der Waals surface area contributed by atoms with E-state index in [0.29, 0.717) is 29.6 Å². The number of rotatable bonds is 3. The smallest absolute Gasteiger partial charge is 0.252 e. The van der Waals surface area contributed by atoms with Crippen molar-refractivity contribution in [2.75, 3.05) is 13.2 Å². The number of amides is 1. The van der Waals surface area contributed by atoms with Crippen LogP contribution in [0.5, 0.6) is 11.5 Å². The minimum atomic E-state index is -0.218. The van der Waals surface area contributed by atoms with E-state index in [4.69, 9.17) is 21.1 Å². The summed E-state index contributed by atoms with van der Waals surface area (Å²) in [5.74, 6) is 1.25. The van der Waals surface area contributed by atoms with E-state index in [9.17, 15) is 4.79 Å². The Morgan fingerprint density at radius 2 is 1.96 bits per heavy atom. The molecule has 0 N–H and O–H groups in total. The van der Waals surface area contributed by atoms with E-state index in [-0.39, 0.29) is 12.3 Å². The highest BCUT2D eigenvalue weighted by atomic mass is 35.5. The predicted octanol–water partition coefficient (Wildman–Crippen LogP) is 3.82. The van der Waals surface area contributed by atoms with Gasteiger partial charge in [0.1, 0.15) is 13.2 Å². The fourth-order valence-corrected chi connectivity index (χ4v) is 4.27. The highest BCUT2D eigenvalue weighted by Gasteiger charge is 2.16. The summed E-state index contributed by atoms with van der Waals surface area (Å²) in [6, 6.07) is 11.2. The maximum Gasteiger partial charge on any atom is 0.252 e. The van der Waals surface area contributed by atoms with Crippen molar-refractivity contribution in [1.82, 2.24) is 4.57 Å². The molecule has 1 aliphatic heterocycles. The van der Waals surface area contributed by atoms with E-state index in [2.05, 4.69) is 4.99 Å². The van der Waals surface area contributed by atoms with Crippen molar-refractivity contribution in [1.29, 1.82) is 0 Å². The van der Waals surface area contributed by atoms with Crippen molar-refractivity contribution in [2.24, 2.45) is 4.99 Å². The number of fused-ring (bicyclic) bond motifs is 2. The standard InChI is InChI=1S/C19H17ClN2O3S/c1-2-22-14-10-15-16(25-8-7-24-15)11-17(14)26-19(22)21-18(23)9-12-5-3-4-6-13(12)20/h3-6,10-11H,2,7-9H2,1H3. The molecule has 1 aliphatic rings. The molecule has 0 spiro atoms. The minimum absolute atomic E-state index is 0.181. The van der Waals surface area contributed by atoms with Crippen molar-refractivity contribution in [3.05, 3.63) is 51.8 Å². The van der Waals surface area contributed by atoms with Gasteiger partial charge in [-0.15, -0.1) is 0 Å². The second kappa shape index (κ2) is 7.13. The van der Waals surface area contributed by atoms with E-state index < -0.39 is 0 Å².